The molecule has 0 saturated carbocycles. The fourth-order valence-corrected chi connectivity index (χ4v) is 4.39. The number of amides is 2. The van der Waals surface area contributed by atoms with E-state index in [-0.39, 0.29) is 12.1 Å². The normalized spacial score (nSPS) is 13.7. The van der Waals surface area contributed by atoms with E-state index in [4.69, 9.17) is 9.47 Å². The fourth-order valence-electron chi connectivity index (χ4n) is 4.39. The molecule has 0 bridgehead atoms. The molecule has 3 aromatic carbocycles. The third-order valence-corrected chi connectivity index (χ3v) is 5.98. The van der Waals surface area contributed by atoms with Gasteiger partial charge in [-0.05, 0) is 51.1 Å². The van der Waals surface area contributed by atoms with Crippen LogP contribution in [0.4, 0.5) is 10.1 Å². The molecule has 5 rings (SSSR count). The van der Waals surface area contributed by atoms with E-state index < -0.39 is 29.2 Å². The second-order valence-corrected chi connectivity index (χ2v) is 9.99. The lowest BCUT2D eigenvalue weighted by atomic mass is 10.00. The van der Waals surface area contributed by atoms with Crippen molar-refractivity contribution in [2.24, 2.45) is 0 Å². The SMILES string of the molecule is CC(C)(C)NC(=O)C(c1ccccc1F)N(C(=O)Cn1nnc2ccccc21)c1ccc2c(c1)OCCO2. The fraction of sp³-hybridized carbons (Fsp3) is 0.286. The van der Waals surface area contributed by atoms with E-state index in [1.165, 1.54) is 27.8 Å². The van der Waals surface area contributed by atoms with E-state index in [1.807, 2.05) is 32.9 Å². The second kappa shape index (κ2) is 10.1. The Kier molecular flexibility index (Phi) is 6.71. The highest BCUT2D eigenvalue weighted by Crippen LogP contribution is 2.38. The standard InChI is InChI=1S/C28H28FN5O4/c1-28(2,3)30-27(36)26(19-8-4-5-9-20(19)29)34(18-12-13-23-24(16-18)38-15-14-37-23)25(35)17-33-22-11-7-6-10-21(22)31-32-33/h4-13,16,26H,14-15,17H2,1-3H3,(H,30,36). The highest BCUT2D eigenvalue weighted by molar-refractivity contribution is 6.02. The number of fused-ring (bicyclic) bond motifs is 2. The van der Waals surface area contributed by atoms with Crippen molar-refractivity contribution in [1.82, 2.24) is 20.3 Å². The van der Waals surface area contributed by atoms with Gasteiger partial charge in [-0.3, -0.25) is 14.5 Å². The molecule has 2 heterocycles. The average molecular weight is 518 g/mol. The monoisotopic (exact) mass is 517 g/mol. The topological polar surface area (TPSA) is 98.6 Å². The molecule has 38 heavy (non-hydrogen) atoms. The highest BCUT2D eigenvalue weighted by Gasteiger charge is 2.37. The first-order valence-electron chi connectivity index (χ1n) is 12.3. The number of para-hydroxylation sites is 1. The maximum absolute atomic E-state index is 15.2. The smallest absolute Gasteiger partial charge is 0.249 e. The van der Waals surface area contributed by atoms with Crippen molar-refractivity contribution < 1.29 is 23.5 Å². The molecular weight excluding hydrogens is 489 g/mol. The van der Waals surface area contributed by atoms with Crippen molar-refractivity contribution in [3.05, 3.63) is 78.1 Å². The van der Waals surface area contributed by atoms with Crippen LogP contribution in [0.5, 0.6) is 11.5 Å². The lowest BCUT2D eigenvalue weighted by molar-refractivity contribution is -0.128. The van der Waals surface area contributed by atoms with Crippen molar-refractivity contribution in [3.63, 3.8) is 0 Å². The van der Waals surface area contributed by atoms with Crippen LogP contribution >= 0.6 is 0 Å². The summed E-state index contributed by atoms with van der Waals surface area (Å²) in [6.45, 7) is 5.97. The lowest BCUT2D eigenvalue weighted by Crippen LogP contribution is -2.50. The molecule has 0 spiro atoms. The number of anilines is 1. The summed E-state index contributed by atoms with van der Waals surface area (Å²) < 4.78 is 28.1. The Morgan fingerprint density at radius 3 is 2.50 bits per heavy atom. The van der Waals surface area contributed by atoms with Gasteiger partial charge in [0.1, 0.15) is 37.1 Å². The highest BCUT2D eigenvalue weighted by atomic mass is 19.1. The second-order valence-electron chi connectivity index (χ2n) is 9.99. The molecule has 196 valence electrons. The van der Waals surface area contributed by atoms with Crippen LogP contribution < -0.4 is 19.7 Å². The first kappa shape index (κ1) is 25.2. The number of carbonyl (C=O) groups excluding carboxylic acids is 2. The number of halogens is 1. The zero-order valence-electron chi connectivity index (χ0n) is 21.3. The maximum Gasteiger partial charge on any atom is 0.249 e. The van der Waals surface area contributed by atoms with Crippen LogP contribution in [0.2, 0.25) is 0 Å². The van der Waals surface area contributed by atoms with E-state index in [2.05, 4.69) is 15.6 Å². The Bertz CT molecular complexity index is 1500. The number of rotatable bonds is 6. The average Bonchev–Trinajstić information content (AvgIpc) is 3.29. The number of hydrogen-bond acceptors (Lipinski definition) is 6. The molecule has 9 nitrogen and oxygen atoms in total. The summed E-state index contributed by atoms with van der Waals surface area (Å²) in [7, 11) is 0. The van der Waals surface area contributed by atoms with E-state index in [9.17, 15) is 9.59 Å². The molecule has 4 aromatic rings. The van der Waals surface area contributed by atoms with Gasteiger partial charge in [-0.2, -0.15) is 0 Å². The summed E-state index contributed by atoms with van der Waals surface area (Å²) in [6.07, 6.45) is 0. The first-order valence-corrected chi connectivity index (χ1v) is 12.3. The molecule has 0 aliphatic carbocycles. The van der Waals surface area contributed by atoms with Gasteiger partial charge in [0, 0.05) is 22.9 Å². The minimum atomic E-state index is -1.32. The zero-order valence-corrected chi connectivity index (χ0v) is 21.3. The van der Waals surface area contributed by atoms with Gasteiger partial charge in [-0.1, -0.05) is 35.5 Å². The van der Waals surface area contributed by atoms with Gasteiger partial charge in [0.15, 0.2) is 11.5 Å². The Morgan fingerprint density at radius 2 is 1.74 bits per heavy atom. The number of benzene rings is 3. The van der Waals surface area contributed by atoms with Crippen molar-refractivity contribution in [1.29, 1.82) is 0 Å². The van der Waals surface area contributed by atoms with Gasteiger partial charge in [-0.15, -0.1) is 5.10 Å². The number of carbonyl (C=O) groups is 2. The van der Waals surface area contributed by atoms with Gasteiger partial charge >= 0.3 is 0 Å². The molecule has 1 atom stereocenters. The van der Waals surface area contributed by atoms with Crippen LogP contribution in [0.3, 0.4) is 0 Å². The third-order valence-electron chi connectivity index (χ3n) is 5.98. The largest absolute Gasteiger partial charge is 0.486 e. The summed E-state index contributed by atoms with van der Waals surface area (Å²) >= 11 is 0. The number of nitrogens with zero attached hydrogens (tertiary/aromatic N) is 4. The van der Waals surface area contributed by atoms with Gasteiger partial charge in [0.05, 0.1) is 5.52 Å². The van der Waals surface area contributed by atoms with E-state index >= 15 is 4.39 Å². The molecule has 10 heteroatoms. The summed E-state index contributed by atoms with van der Waals surface area (Å²) in [5.41, 5.74) is 1.05. The summed E-state index contributed by atoms with van der Waals surface area (Å²) in [4.78, 5) is 29.1. The summed E-state index contributed by atoms with van der Waals surface area (Å²) in [6, 6.07) is 16.8. The van der Waals surface area contributed by atoms with Gasteiger partial charge in [0.25, 0.3) is 0 Å². The minimum Gasteiger partial charge on any atom is -0.486 e. The van der Waals surface area contributed by atoms with Crippen LogP contribution in [0.1, 0.15) is 32.4 Å². The minimum absolute atomic E-state index is 0.0564. The molecule has 0 radical (unpaired) electrons. The number of hydrogen-bond donors (Lipinski definition) is 1. The molecule has 1 aliphatic heterocycles. The maximum atomic E-state index is 15.2. The molecule has 1 aromatic heterocycles. The van der Waals surface area contributed by atoms with Crippen LogP contribution in [0, 0.1) is 5.82 Å². The number of aromatic nitrogens is 3. The van der Waals surface area contributed by atoms with E-state index in [1.54, 1.807) is 36.4 Å². The number of nitrogens with one attached hydrogen (secondary N) is 1. The zero-order chi connectivity index (χ0) is 26.9. The molecule has 2 amide bonds. The quantitative estimate of drug-likeness (QED) is 0.415. The van der Waals surface area contributed by atoms with Crippen LogP contribution in [-0.2, 0) is 16.1 Å². The molecule has 0 saturated heterocycles. The molecule has 1 aliphatic rings. The Balaban J connectivity index is 1.64. The summed E-state index contributed by atoms with van der Waals surface area (Å²) in [5.74, 6) is -0.676. The van der Waals surface area contributed by atoms with Crippen molar-refractivity contribution in [2.45, 2.75) is 38.9 Å². The van der Waals surface area contributed by atoms with Crippen molar-refractivity contribution in [2.75, 3.05) is 18.1 Å². The Hall–Kier alpha value is -4.47. The molecule has 1 unspecified atom stereocenters. The van der Waals surface area contributed by atoms with E-state index in [0.29, 0.717) is 41.4 Å². The molecular formula is C28H28FN5O4. The van der Waals surface area contributed by atoms with Crippen LogP contribution in [0.25, 0.3) is 11.0 Å². The van der Waals surface area contributed by atoms with Crippen molar-refractivity contribution in [3.8, 4) is 11.5 Å². The Morgan fingerprint density at radius 1 is 1.03 bits per heavy atom. The van der Waals surface area contributed by atoms with Gasteiger partial charge in [0.2, 0.25) is 11.8 Å². The summed E-state index contributed by atoms with van der Waals surface area (Å²) in [5, 5.41) is 11.2. The van der Waals surface area contributed by atoms with Gasteiger partial charge < -0.3 is 14.8 Å². The first-order chi connectivity index (χ1) is 18.2. The van der Waals surface area contributed by atoms with Crippen LogP contribution in [-0.4, -0.2) is 45.6 Å². The van der Waals surface area contributed by atoms with Crippen molar-refractivity contribution >= 4 is 28.5 Å². The van der Waals surface area contributed by atoms with Crippen LogP contribution in [0.15, 0.2) is 66.7 Å². The van der Waals surface area contributed by atoms with Gasteiger partial charge in [-0.25, -0.2) is 9.07 Å². The predicted octanol–water partition coefficient (Wildman–Crippen LogP) is 4.03. The molecule has 0 fully saturated rings. The molecule has 1 N–H and O–H groups in total. The Labute approximate surface area is 219 Å². The third kappa shape index (κ3) is 5.15. The number of ether oxygens (including phenoxy) is 2. The van der Waals surface area contributed by atoms with E-state index in [0.717, 1.165) is 0 Å². The lowest BCUT2D eigenvalue weighted by Gasteiger charge is -2.34. The predicted molar refractivity (Wildman–Crippen MR) is 139 cm³/mol.